The molecule has 0 atom stereocenters. The highest BCUT2D eigenvalue weighted by atomic mass is 32.1. The van der Waals surface area contributed by atoms with Crippen LogP contribution in [0.4, 0.5) is 35.9 Å². The number of aliphatic carboxylic acids is 1. The molecule has 4 aromatic rings. The van der Waals surface area contributed by atoms with E-state index in [-0.39, 0.29) is 18.2 Å². The Hall–Kier alpha value is -4.13. The predicted molar refractivity (Wildman–Crippen MR) is 147 cm³/mol. The Kier molecular flexibility index (Phi) is 9.05. The maximum Gasteiger partial charge on any atom is 0.416 e. The average molecular weight is 627 g/mol. The molecule has 4 rings (SSSR count). The van der Waals surface area contributed by atoms with Crippen LogP contribution in [0.1, 0.15) is 36.1 Å². The van der Waals surface area contributed by atoms with Crippen molar-refractivity contribution < 1.29 is 45.4 Å². The monoisotopic (exact) mass is 626 g/mol. The van der Waals surface area contributed by atoms with E-state index in [1.807, 2.05) is 0 Å². The standard InChI is InChI=1S/C30H25F7N2O3S/c1-28(2,26(40)41)42-23-11-3-18(4-12-23)13-14-39(27-38-25(17-43-27)19-6-9-22(31)10-7-19)16-20-5-8-21(29(32,33)34)15-24(20)30(35,36)37/h3-12,15,17H,13-14,16H2,1-2H3,(H,40,41). The van der Waals surface area contributed by atoms with E-state index < -0.39 is 47.4 Å². The van der Waals surface area contributed by atoms with Crippen molar-refractivity contribution in [2.75, 3.05) is 11.4 Å². The normalized spacial score (nSPS) is 12.3. The van der Waals surface area contributed by atoms with Crippen molar-refractivity contribution in [1.29, 1.82) is 0 Å². The van der Waals surface area contributed by atoms with Gasteiger partial charge in [-0.25, -0.2) is 14.2 Å². The number of benzene rings is 3. The number of hydrogen-bond donors (Lipinski definition) is 1. The quantitative estimate of drug-likeness (QED) is 0.179. The predicted octanol–water partition coefficient (Wildman–Crippen LogP) is 8.48. The summed E-state index contributed by atoms with van der Waals surface area (Å²) in [4.78, 5) is 17.4. The number of carbonyl (C=O) groups is 1. The SMILES string of the molecule is CC(C)(Oc1ccc(CCN(Cc2ccc(C(F)(F)F)cc2C(F)(F)F)c2nc(-c3ccc(F)cc3)cs2)cc1)C(=O)O. The molecule has 0 saturated carbocycles. The number of alkyl halides is 6. The van der Waals surface area contributed by atoms with Crippen LogP contribution in [0, 0.1) is 5.82 Å². The van der Waals surface area contributed by atoms with E-state index in [1.54, 1.807) is 29.6 Å². The number of carboxylic acid groups (broad SMARTS) is 1. The molecule has 0 bridgehead atoms. The average Bonchev–Trinajstić information content (AvgIpc) is 3.41. The maximum absolute atomic E-state index is 13.9. The largest absolute Gasteiger partial charge is 0.478 e. The van der Waals surface area contributed by atoms with Gasteiger partial charge in [0.1, 0.15) is 11.6 Å². The molecule has 0 unspecified atom stereocenters. The Balaban J connectivity index is 1.63. The van der Waals surface area contributed by atoms with Gasteiger partial charge in [-0.2, -0.15) is 26.3 Å². The van der Waals surface area contributed by atoms with Gasteiger partial charge < -0.3 is 14.7 Å². The van der Waals surface area contributed by atoms with Crippen LogP contribution >= 0.6 is 11.3 Å². The second-order valence-electron chi connectivity index (χ2n) is 10.1. The molecule has 0 aliphatic rings. The Bertz CT molecular complexity index is 1560. The number of nitrogens with zero attached hydrogens (tertiary/aromatic N) is 2. The van der Waals surface area contributed by atoms with Crippen molar-refractivity contribution in [3.63, 3.8) is 0 Å². The third-order valence-corrected chi connectivity index (χ3v) is 7.39. The molecule has 1 heterocycles. The zero-order valence-corrected chi connectivity index (χ0v) is 23.6. The molecule has 0 radical (unpaired) electrons. The second-order valence-corrected chi connectivity index (χ2v) is 11.0. The first-order valence-corrected chi connectivity index (χ1v) is 13.7. The number of hydrogen-bond acceptors (Lipinski definition) is 5. The number of rotatable bonds is 10. The summed E-state index contributed by atoms with van der Waals surface area (Å²) >= 11 is 1.13. The lowest BCUT2D eigenvalue weighted by atomic mass is 10.0. The van der Waals surface area contributed by atoms with E-state index in [9.17, 15) is 40.6 Å². The molecule has 0 aliphatic heterocycles. The molecule has 13 heteroatoms. The van der Waals surface area contributed by atoms with Crippen molar-refractivity contribution in [3.8, 4) is 17.0 Å². The highest BCUT2D eigenvalue weighted by Gasteiger charge is 2.38. The van der Waals surface area contributed by atoms with Crippen molar-refractivity contribution in [1.82, 2.24) is 4.98 Å². The number of ether oxygens (including phenoxy) is 1. The van der Waals surface area contributed by atoms with Gasteiger partial charge in [0.15, 0.2) is 10.7 Å². The zero-order chi connectivity index (χ0) is 31.6. The van der Waals surface area contributed by atoms with Gasteiger partial charge in [-0.1, -0.05) is 18.2 Å². The van der Waals surface area contributed by atoms with Gasteiger partial charge in [-0.15, -0.1) is 11.3 Å². The van der Waals surface area contributed by atoms with Crippen LogP contribution in [0.5, 0.6) is 5.75 Å². The number of anilines is 1. The van der Waals surface area contributed by atoms with Crippen molar-refractivity contribution in [2.45, 2.75) is 44.8 Å². The number of aromatic nitrogens is 1. The molecule has 0 fully saturated rings. The van der Waals surface area contributed by atoms with Crippen molar-refractivity contribution in [3.05, 3.63) is 100 Å². The first-order chi connectivity index (χ1) is 20.0. The molecular weight excluding hydrogens is 601 g/mol. The highest BCUT2D eigenvalue weighted by molar-refractivity contribution is 7.14. The van der Waals surface area contributed by atoms with Crippen molar-refractivity contribution >= 4 is 22.4 Å². The summed E-state index contributed by atoms with van der Waals surface area (Å²) in [6, 6.07) is 13.5. The smallest absolute Gasteiger partial charge is 0.416 e. The van der Waals surface area contributed by atoms with E-state index >= 15 is 0 Å². The Morgan fingerprint density at radius 3 is 2.16 bits per heavy atom. The van der Waals surface area contributed by atoms with E-state index in [0.29, 0.717) is 34.6 Å². The molecule has 0 aliphatic carbocycles. The third kappa shape index (κ3) is 8.04. The van der Waals surface area contributed by atoms with Crippen molar-refractivity contribution in [2.24, 2.45) is 0 Å². The van der Waals surface area contributed by atoms with Gasteiger partial charge in [0.2, 0.25) is 0 Å². The fourth-order valence-corrected chi connectivity index (χ4v) is 4.95. The van der Waals surface area contributed by atoms with Crippen LogP contribution in [-0.4, -0.2) is 28.2 Å². The molecule has 3 aromatic carbocycles. The Labute approximate surface area is 246 Å². The second kappa shape index (κ2) is 12.2. The molecule has 1 N–H and O–H groups in total. The lowest BCUT2D eigenvalue weighted by Crippen LogP contribution is -2.37. The van der Waals surface area contributed by atoms with E-state index in [2.05, 4.69) is 4.98 Å². The van der Waals surface area contributed by atoms with E-state index in [4.69, 9.17) is 4.74 Å². The minimum atomic E-state index is -5.04. The van der Waals surface area contributed by atoms with Gasteiger partial charge in [0.05, 0.1) is 16.8 Å². The fraction of sp³-hybridized carbons (Fsp3) is 0.267. The topological polar surface area (TPSA) is 62.7 Å². The first kappa shape index (κ1) is 31.8. The molecule has 43 heavy (non-hydrogen) atoms. The summed E-state index contributed by atoms with van der Waals surface area (Å²) < 4.78 is 100. The number of halogens is 7. The lowest BCUT2D eigenvalue weighted by molar-refractivity contribution is -0.152. The molecule has 228 valence electrons. The third-order valence-electron chi connectivity index (χ3n) is 6.49. The van der Waals surface area contributed by atoms with E-state index in [0.717, 1.165) is 23.0 Å². The molecule has 1 aromatic heterocycles. The summed E-state index contributed by atoms with van der Waals surface area (Å²) in [6.45, 7) is 2.53. The van der Waals surface area contributed by atoms with Crippen LogP contribution in [0.15, 0.2) is 72.1 Å². The first-order valence-electron chi connectivity index (χ1n) is 12.8. The van der Waals surface area contributed by atoms with E-state index in [1.165, 1.54) is 43.0 Å². The van der Waals surface area contributed by atoms with Gasteiger partial charge >= 0.3 is 18.3 Å². The van der Waals surface area contributed by atoms with Gasteiger partial charge in [-0.3, -0.25) is 0 Å². The molecule has 5 nitrogen and oxygen atoms in total. The fourth-order valence-electron chi connectivity index (χ4n) is 4.09. The summed E-state index contributed by atoms with van der Waals surface area (Å²) in [5.74, 6) is -1.31. The highest BCUT2D eigenvalue weighted by Crippen LogP contribution is 2.38. The van der Waals surface area contributed by atoms with Gasteiger partial charge in [-0.05, 0) is 79.9 Å². The number of thiazole rings is 1. The van der Waals surface area contributed by atoms with Crippen LogP contribution in [0.2, 0.25) is 0 Å². The van der Waals surface area contributed by atoms with Crippen LogP contribution in [0.25, 0.3) is 11.3 Å². The van der Waals surface area contributed by atoms with Gasteiger partial charge in [0, 0.05) is 24.0 Å². The van der Waals surface area contributed by atoms with Crippen LogP contribution in [0.3, 0.4) is 0 Å². The molecule has 0 saturated heterocycles. The summed E-state index contributed by atoms with van der Waals surface area (Å²) in [7, 11) is 0. The Morgan fingerprint density at radius 1 is 0.930 bits per heavy atom. The van der Waals surface area contributed by atoms with Gasteiger partial charge in [0.25, 0.3) is 0 Å². The maximum atomic E-state index is 13.9. The summed E-state index contributed by atoms with van der Waals surface area (Å²) in [5, 5.41) is 11.2. The minimum absolute atomic E-state index is 0.108. The lowest BCUT2D eigenvalue weighted by Gasteiger charge is -2.25. The molecular formula is C30H25F7N2O3S. The summed E-state index contributed by atoms with van der Waals surface area (Å²) in [5.41, 5.74) is -2.86. The Morgan fingerprint density at radius 2 is 1.58 bits per heavy atom. The zero-order valence-electron chi connectivity index (χ0n) is 22.8. The molecule has 0 spiro atoms. The summed E-state index contributed by atoms with van der Waals surface area (Å²) in [6.07, 6.45) is -9.69. The van der Waals surface area contributed by atoms with Crippen LogP contribution < -0.4 is 9.64 Å². The minimum Gasteiger partial charge on any atom is -0.478 e. The van der Waals surface area contributed by atoms with Crippen LogP contribution in [-0.2, 0) is 30.1 Å². The molecule has 0 amide bonds. The number of carboxylic acids is 1.